The van der Waals surface area contributed by atoms with Gasteiger partial charge in [-0.3, -0.25) is 4.40 Å². The molecule has 1 atom stereocenters. The molecule has 1 fully saturated rings. The van der Waals surface area contributed by atoms with E-state index >= 15 is 0 Å². The van der Waals surface area contributed by atoms with Crippen LogP contribution < -0.4 is 15.0 Å². The van der Waals surface area contributed by atoms with Crippen LogP contribution in [0.4, 0.5) is 20.4 Å². The summed E-state index contributed by atoms with van der Waals surface area (Å²) in [6.07, 6.45) is 5.57. The number of rotatable bonds is 5. The molecule has 3 heterocycles. The van der Waals surface area contributed by atoms with Crippen molar-refractivity contribution in [3.05, 3.63) is 71.8 Å². The van der Waals surface area contributed by atoms with Crippen molar-refractivity contribution in [2.24, 2.45) is 0 Å². The lowest BCUT2D eigenvalue weighted by Crippen LogP contribution is -2.45. The van der Waals surface area contributed by atoms with E-state index in [2.05, 4.69) is 20.0 Å². The Kier molecular flexibility index (Phi) is 6.05. The average molecular weight is 475 g/mol. The van der Waals surface area contributed by atoms with Gasteiger partial charge < -0.3 is 15.0 Å². The minimum atomic E-state index is -0.635. The van der Waals surface area contributed by atoms with Gasteiger partial charge in [0.25, 0.3) is 0 Å². The summed E-state index contributed by atoms with van der Waals surface area (Å²) in [5.74, 6) is -0.353. The normalized spacial score (nSPS) is 15.9. The van der Waals surface area contributed by atoms with Gasteiger partial charge in [-0.15, -0.1) is 0 Å². The van der Waals surface area contributed by atoms with Crippen molar-refractivity contribution in [1.82, 2.24) is 19.7 Å². The van der Waals surface area contributed by atoms with E-state index in [0.717, 1.165) is 25.9 Å². The molecular weight excluding hydrogens is 450 g/mol. The number of methoxy groups -OCH3 is 1. The zero-order chi connectivity index (χ0) is 24.5. The first-order valence-corrected chi connectivity index (χ1v) is 11.3. The molecular formula is C26H24F2N6O. The van der Waals surface area contributed by atoms with Crippen molar-refractivity contribution < 1.29 is 13.5 Å². The van der Waals surface area contributed by atoms with Gasteiger partial charge in [-0.05, 0) is 43.7 Å². The third-order valence-corrected chi connectivity index (χ3v) is 6.42. The smallest absolute Gasteiger partial charge is 0.222 e. The number of imidazole rings is 1. The number of likely N-dealkylation sites (N-methyl/N-ethyl adjacent to an activating group) is 1. The number of piperidine rings is 1. The molecule has 2 aromatic carbocycles. The fourth-order valence-electron chi connectivity index (χ4n) is 4.62. The van der Waals surface area contributed by atoms with E-state index in [1.807, 2.05) is 17.6 Å². The average Bonchev–Trinajstić information content (AvgIpc) is 3.37. The van der Waals surface area contributed by atoms with Crippen LogP contribution in [0, 0.1) is 18.2 Å². The van der Waals surface area contributed by atoms with Gasteiger partial charge >= 0.3 is 0 Å². The minimum absolute atomic E-state index is 0.0687. The number of ether oxygens (including phenoxy) is 1. The number of nitrogens with one attached hydrogen (secondary N) is 1. The first-order valence-electron chi connectivity index (χ1n) is 11.3. The quantitative estimate of drug-likeness (QED) is 0.409. The standard InChI is InChI=1S/C26H24F2N6O/c1-29-18-5-4-11-33(15-18)26-32-24(17-6-8-21(30-2)19(27)14-17)23(25-31-10-12-34(25)26)16-7-9-22(35-3)20(28)13-16/h6-10,12-14,18,29H,4-5,11,15H2,1,3H3. The van der Waals surface area contributed by atoms with E-state index in [1.165, 1.54) is 25.3 Å². The highest BCUT2D eigenvalue weighted by atomic mass is 19.1. The summed E-state index contributed by atoms with van der Waals surface area (Å²) in [7, 11) is 3.36. The van der Waals surface area contributed by atoms with E-state index in [-0.39, 0.29) is 11.4 Å². The molecule has 0 aliphatic carbocycles. The van der Waals surface area contributed by atoms with Crippen molar-refractivity contribution in [2.45, 2.75) is 18.9 Å². The largest absolute Gasteiger partial charge is 0.494 e. The molecule has 0 spiro atoms. The lowest BCUT2D eigenvalue weighted by Gasteiger charge is -2.34. The fourth-order valence-corrected chi connectivity index (χ4v) is 4.62. The minimum Gasteiger partial charge on any atom is -0.494 e. The Hall–Kier alpha value is -4.03. The number of aromatic nitrogens is 3. The summed E-state index contributed by atoms with van der Waals surface area (Å²) in [4.78, 5) is 15.0. The molecule has 7 nitrogen and oxygen atoms in total. The second-order valence-electron chi connectivity index (χ2n) is 8.46. The summed E-state index contributed by atoms with van der Waals surface area (Å²) in [6, 6.07) is 9.37. The molecule has 35 heavy (non-hydrogen) atoms. The van der Waals surface area contributed by atoms with Crippen molar-refractivity contribution in [2.75, 3.05) is 32.1 Å². The predicted octanol–water partition coefficient (Wildman–Crippen LogP) is 5.09. The molecule has 178 valence electrons. The highest BCUT2D eigenvalue weighted by Crippen LogP contribution is 2.39. The van der Waals surface area contributed by atoms with E-state index in [9.17, 15) is 8.78 Å². The number of anilines is 1. The first kappa shape index (κ1) is 22.7. The van der Waals surface area contributed by atoms with Gasteiger partial charge in [-0.1, -0.05) is 18.2 Å². The highest BCUT2D eigenvalue weighted by Gasteiger charge is 2.26. The van der Waals surface area contributed by atoms with E-state index in [1.54, 1.807) is 24.4 Å². The molecule has 0 bridgehead atoms. The zero-order valence-electron chi connectivity index (χ0n) is 19.4. The van der Waals surface area contributed by atoms with Gasteiger partial charge in [0.15, 0.2) is 11.6 Å². The summed E-state index contributed by atoms with van der Waals surface area (Å²) in [5.41, 5.74) is 2.56. The van der Waals surface area contributed by atoms with E-state index < -0.39 is 11.6 Å². The predicted molar refractivity (Wildman–Crippen MR) is 131 cm³/mol. The van der Waals surface area contributed by atoms with Gasteiger partial charge in [0, 0.05) is 37.1 Å². The number of hydrogen-bond donors (Lipinski definition) is 1. The Bertz CT molecular complexity index is 1440. The number of fused-ring (bicyclic) bond motifs is 1. The molecule has 1 aliphatic rings. The topological polar surface area (TPSA) is 59.1 Å². The molecule has 1 N–H and O–H groups in total. The second kappa shape index (κ2) is 9.31. The summed E-state index contributed by atoms with van der Waals surface area (Å²) in [5, 5.41) is 3.34. The SMILES string of the molecule is [C-]#[N+]c1ccc(-c2nc(N3CCCC(NC)C3)n3ccnc3c2-c2ccc(OC)c(F)c2)cc1F. The Morgan fingerprint density at radius 2 is 1.94 bits per heavy atom. The van der Waals surface area contributed by atoms with Crippen LogP contribution in [0.3, 0.4) is 0 Å². The van der Waals surface area contributed by atoms with Crippen molar-refractivity contribution in [3.63, 3.8) is 0 Å². The monoisotopic (exact) mass is 474 g/mol. The van der Waals surface area contributed by atoms with Crippen molar-refractivity contribution >= 4 is 17.3 Å². The number of hydrogen-bond acceptors (Lipinski definition) is 5. The van der Waals surface area contributed by atoms with Crippen molar-refractivity contribution in [3.8, 4) is 28.1 Å². The van der Waals surface area contributed by atoms with Crippen LogP contribution in [0.1, 0.15) is 12.8 Å². The molecule has 4 aromatic rings. The lowest BCUT2D eigenvalue weighted by molar-refractivity contribution is 0.386. The Balaban J connectivity index is 1.78. The van der Waals surface area contributed by atoms with Gasteiger partial charge in [-0.2, -0.15) is 0 Å². The molecule has 2 aromatic heterocycles. The lowest BCUT2D eigenvalue weighted by atomic mass is 9.99. The van der Waals surface area contributed by atoms with Crippen LogP contribution in [0.2, 0.25) is 0 Å². The summed E-state index contributed by atoms with van der Waals surface area (Å²) >= 11 is 0. The van der Waals surface area contributed by atoms with Crippen LogP contribution in [0.5, 0.6) is 5.75 Å². The molecule has 1 unspecified atom stereocenters. The maximum absolute atomic E-state index is 14.7. The third kappa shape index (κ3) is 4.06. The zero-order valence-corrected chi connectivity index (χ0v) is 19.4. The van der Waals surface area contributed by atoms with Crippen LogP contribution in [-0.2, 0) is 0 Å². The molecule has 0 amide bonds. The summed E-state index contributed by atoms with van der Waals surface area (Å²) < 4.78 is 36.4. The second-order valence-corrected chi connectivity index (χ2v) is 8.46. The number of benzene rings is 2. The molecule has 9 heteroatoms. The Labute approximate surface area is 201 Å². The molecule has 5 rings (SSSR count). The van der Waals surface area contributed by atoms with Crippen LogP contribution in [-0.4, -0.2) is 47.7 Å². The molecule has 0 radical (unpaired) electrons. The molecule has 1 saturated heterocycles. The van der Waals surface area contributed by atoms with Gasteiger partial charge in [0.1, 0.15) is 11.5 Å². The van der Waals surface area contributed by atoms with Crippen LogP contribution >= 0.6 is 0 Å². The van der Waals surface area contributed by atoms with E-state index in [0.29, 0.717) is 40.0 Å². The first-order chi connectivity index (χ1) is 17.0. The maximum Gasteiger partial charge on any atom is 0.222 e. The van der Waals surface area contributed by atoms with Crippen LogP contribution in [0.25, 0.3) is 32.9 Å². The third-order valence-electron chi connectivity index (χ3n) is 6.42. The number of halogens is 2. The Morgan fingerprint density at radius 1 is 1.14 bits per heavy atom. The maximum atomic E-state index is 14.7. The highest BCUT2D eigenvalue weighted by molar-refractivity contribution is 5.91. The van der Waals surface area contributed by atoms with Gasteiger partial charge in [-0.25, -0.2) is 23.6 Å². The Morgan fingerprint density at radius 3 is 2.66 bits per heavy atom. The van der Waals surface area contributed by atoms with E-state index in [4.69, 9.17) is 16.3 Å². The molecule has 0 saturated carbocycles. The molecule has 1 aliphatic heterocycles. The fraction of sp³-hybridized carbons (Fsp3) is 0.269. The summed E-state index contributed by atoms with van der Waals surface area (Å²) in [6.45, 7) is 8.76. The van der Waals surface area contributed by atoms with Crippen LogP contribution in [0.15, 0.2) is 48.8 Å². The van der Waals surface area contributed by atoms with Crippen molar-refractivity contribution in [1.29, 1.82) is 0 Å². The van der Waals surface area contributed by atoms with Gasteiger partial charge in [0.05, 0.1) is 24.9 Å². The van der Waals surface area contributed by atoms with Gasteiger partial charge in [0.2, 0.25) is 11.6 Å². The number of nitrogens with zero attached hydrogens (tertiary/aromatic N) is 5.